The molecule has 0 radical (unpaired) electrons. The lowest BCUT2D eigenvalue weighted by Crippen LogP contribution is -2.60. The molecule has 1 aromatic rings. The average Bonchev–Trinajstić information content (AvgIpc) is 2.78. The number of amides is 2. The number of piperazine rings is 1. The van der Waals surface area contributed by atoms with Gasteiger partial charge in [0.15, 0.2) is 0 Å². The van der Waals surface area contributed by atoms with Crippen LogP contribution in [0.2, 0.25) is 0 Å². The van der Waals surface area contributed by atoms with Gasteiger partial charge in [0.1, 0.15) is 12.6 Å². The summed E-state index contributed by atoms with van der Waals surface area (Å²) < 4.78 is 0. The molecule has 0 spiro atoms. The summed E-state index contributed by atoms with van der Waals surface area (Å²) >= 11 is 1.60. The van der Waals surface area contributed by atoms with Crippen molar-refractivity contribution in [3.63, 3.8) is 0 Å². The minimum Gasteiger partial charge on any atom is -0.342 e. The number of aryl methyl sites for hydroxylation is 2. The van der Waals surface area contributed by atoms with E-state index >= 15 is 0 Å². The quantitative estimate of drug-likeness (QED) is 0.927. The van der Waals surface area contributed by atoms with Crippen LogP contribution in [0, 0.1) is 19.8 Å². The highest BCUT2D eigenvalue weighted by molar-refractivity contribution is 7.11. The highest BCUT2D eigenvalue weighted by atomic mass is 32.1. The number of hydrogen-bond donors (Lipinski definition) is 1. The molecule has 1 aliphatic rings. The number of thiazole rings is 1. The van der Waals surface area contributed by atoms with Gasteiger partial charge in [-0.25, -0.2) is 4.98 Å². The molecule has 0 bridgehead atoms. The first-order valence-electron chi connectivity index (χ1n) is 7.38. The number of carbonyl (C=O) groups is 2. The summed E-state index contributed by atoms with van der Waals surface area (Å²) in [6, 6.07) is -0.519. The molecule has 1 saturated heterocycles. The maximum atomic E-state index is 12.7. The molecular weight excluding hydrogens is 286 g/mol. The first-order chi connectivity index (χ1) is 9.85. The normalized spacial score (nSPS) is 22.1. The standard InChI is InChI=1S/C15H23N3O2S/c1-6-8(2)13-15(20)18(7-12(19)17-13)10(4)14-9(3)16-11(5)21-14/h8,10,13H,6-7H2,1-5H3,(H,17,19). The maximum absolute atomic E-state index is 12.7. The van der Waals surface area contributed by atoms with E-state index in [9.17, 15) is 9.59 Å². The molecule has 6 heteroatoms. The minimum absolute atomic E-state index is 0.0157. The van der Waals surface area contributed by atoms with Crippen molar-refractivity contribution < 1.29 is 9.59 Å². The Balaban J connectivity index is 2.27. The monoisotopic (exact) mass is 309 g/mol. The van der Waals surface area contributed by atoms with E-state index in [-0.39, 0.29) is 30.3 Å². The molecule has 21 heavy (non-hydrogen) atoms. The summed E-state index contributed by atoms with van der Waals surface area (Å²) in [7, 11) is 0. The van der Waals surface area contributed by atoms with Crippen molar-refractivity contribution in [3.8, 4) is 0 Å². The second-order valence-corrected chi connectivity index (χ2v) is 6.99. The Morgan fingerprint density at radius 3 is 2.57 bits per heavy atom. The van der Waals surface area contributed by atoms with E-state index < -0.39 is 6.04 Å². The predicted molar refractivity (Wildman–Crippen MR) is 83.1 cm³/mol. The first-order valence-corrected chi connectivity index (χ1v) is 8.20. The smallest absolute Gasteiger partial charge is 0.246 e. The zero-order valence-corrected chi connectivity index (χ0v) is 14.1. The van der Waals surface area contributed by atoms with Gasteiger partial charge in [0.05, 0.1) is 16.7 Å². The third-order valence-corrected chi connectivity index (χ3v) is 5.42. The van der Waals surface area contributed by atoms with E-state index in [0.717, 1.165) is 22.0 Å². The zero-order chi connectivity index (χ0) is 15.7. The summed E-state index contributed by atoms with van der Waals surface area (Å²) in [5, 5.41) is 3.82. The van der Waals surface area contributed by atoms with Crippen molar-refractivity contribution in [2.45, 2.75) is 53.1 Å². The topological polar surface area (TPSA) is 62.3 Å². The molecule has 5 nitrogen and oxygen atoms in total. The first kappa shape index (κ1) is 15.9. The lowest BCUT2D eigenvalue weighted by molar-refractivity contribution is -0.147. The van der Waals surface area contributed by atoms with Crippen molar-refractivity contribution >= 4 is 23.2 Å². The van der Waals surface area contributed by atoms with Gasteiger partial charge in [-0.15, -0.1) is 11.3 Å². The van der Waals surface area contributed by atoms with Gasteiger partial charge in [-0.2, -0.15) is 0 Å². The van der Waals surface area contributed by atoms with Gasteiger partial charge in [0, 0.05) is 4.88 Å². The molecule has 3 unspecified atom stereocenters. The van der Waals surface area contributed by atoms with E-state index in [1.807, 2.05) is 34.6 Å². The molecule has 2 heterocycles. The van der Waals surface area contributed by atoms with Crippen LogP contribution < -0.4 is 5.32 Å². The Morgan fingerprint density at radius 1 is 1.38 bits per heavy atom. The van der Waals surface area contributed by atoms with Crippen molar-refractivity contribution in [1.29, 1.82) is 0 Å². The largest absolute Gasteiger partial charge is 0.342 e. The molecule has 0 saturated carbocycles. The lowest BCUT2D eigenvalue weighted by atomic mass is 9.95. The van der Waals surface area contributed by atoms with Crippen molar-refractivity contribution in [1.82, 2.24) is 15.2 Å². The van der Waals surface area contributed by atoms with Gasteiger partial charge in [0.25, 0.3) is 0 Å². The fourth-order valence-corrected chi connectivity index (χ4v) is 3.71. The molecule has 2 rings (SSSR count). The van der Waals surface area contributed by atoms with Crippen LogP contribution in [-0.2, 0) is 9.59 Å². The molecular formula is C15H23N3O2S. The van der Waals surface area contributed by atoms with Gasteiger partial charge in [-0.1, -0.05) is 20.3 Å². The highest BCUT2D eigenvalue weighted by Gasteiger charge is 2.38. The van der Waals surface area contributed by atoms with E-state index in [0.29, 0.717) is 0 Å². The zero-order valence-electron chi connectivity index (χ0n) is 13.3. The number of hydrogen-bond acceptors (Lipinski definition) is 4. The Labute approximate surface area is 129 Å². The molecule has 1 aliphatic heterocycles. The van der Waals surface area contributed by atoms with Crippen molar-refractivity contribution in [2.24, 2.45) is 5.92 Å². The SMILES string of the molecule is CCC(C)C1NC(=O)CN(C(C)c2sc(C)nc2C)C1=O. The molecule has 116 valence electrons. The van der Waals surface area contributed by atoms with E-state index in [1.165, 1.54) is 0 Å². The van der Waals surface area contributed by atoms with Crippen LogP contribution in [0.3, 0.4) is 0 Å². The summed E-state index contributed by atoms with van der Waals surface area (Å²) in [4.78, 5) is 31.8. The third kappa shape index (κ3) is 3.10. The fourth-order valence-electron chi connectivity index (χ4n) is 2.72. The molecule has 1 aromatic heterocycles. The van der Waals surface area contributed by atoms with E-state index in [4.69, 9.17) is 0 Å². The Hall–Kier alpha value is -1.43. The molecule has 3 atom stereocenters. The van der Waals surface area contributed by atoms with Crippen LogP contribution in [0.5, 0.6) is 0 Å². The Kier molecular flexibility index (Phi) is 4.66. The number of nitrogens with one attached hydrogen (secondary N) is 1. The summed E-state index contributed by atoms with van der Waals surface area (Å²) in [6.07, 6.45) is 0.859. The van der Waals surface area contributed by atoms with Gasteiger partial charge < -0.3 is 10.2 Å². The molecule has 0 aromatic carbocycles. The minimum atomic E-state index is -0.409. The number of nitrogens with zero attached hydrogens (tertiary/aromatic N) is 2. The Bertz CT molecular complexity index is 555. The fraction of sp³-hybridized carbons (Fsp3) is 0.667. The van der Waals surface area contributed by atoms with Crippen LogP contribution >= 0.6 is 11.3 Å². The molecule has 0 aliphatic carbocycles. The van der Waals surface area contributed by atoms with Crippen LogP contribution in [0.15, 0.2) is 0 Å². The van der Waals surface area contributed by atoms with Crippen LogP contribution in [0.25, 0.3) is 0 Å². The van der Waals surface area contributed by atoms with Gasteiger partial charge in [-0.3, -0.25) is 9.59 Å². The molecule has 2 amide bonds. The third-order valence-electron chi connectivity index (χ3n) is 4.18. The van der Waals surface area contributed by atoms with Gasteiger partial charge in [0.2, 0.25) is 11.8 Å². The Morgan fingerprint density at radius 2 is 2.05 bits per heavy atom. The summed E-state index contributed by atoms with van der Waals surface area (Å²) in [5.74, 6) is 0.0771. The summed E-state index contributed by atoms with van der Waals surface area (Å²) in [6.45, 7) is 10.0. The number of carbonyl (C=O) groups excluding carboxylic acids is 2. The molecule has 1 N–H and O–H groups in total. The van der Waals surface area contributed by atoms with Crippen LogP contribution in [0.4, 0.5) is 0 Å². The summed E-state index contributed by atoms with van der Waals surface area (Å²) in [5.41, 5.74) is 0.948. The van der Waals surface area contributed by atoms with Crippen LogP contribution in [0.1, 0.15) is 48.8 Å². The number of aromatic nitrogens is 1. The van der Waals surface area contributed by atoms with E-state index in [2.05, 4.69) is 10.3 Å². The van der Waals surface area contributed by atoms with Gasteiger partial charge >= 0.3 is 0 Å². The van der Waals surface area contributed by atoms with Crippen molar-refractivity contribution in [3.05, 3.63) is 15.6 Å². The average molecular weight is 309 g/mol. The second kappa shape index (κ2) is 6.13. The van der Waals surface area contributed by atoms with Crippen LogP contribution in [-0.4, -0.2) is 34.3 Å². The predicted octanol–water partition coefficient (Wildman–Crippen LogP) is 2.19. The van der Waals surface area contributed by atoms with Gasteiger partial charge in [-0.05, 0) is 26.7 Å². The number of rotatable bonds is 4. The van der Waals surface area contributed by atoms with E-state index in [1.54, 1.807) is 16.2 Å². The highest BCUT2D eigenvalue weighted by Crippen LogP contribution is 2.31. The van der Waals surface area contributed by atoms with Crippen molar-refractivity contribution in [2.75, 3.05) is 6.54 Å². The maximum Gasteiger partial charge on any atom is 0.246 e. The molecule has 1 fully saturated rings. The second-order valence-electron chi connectivity index (χ2n) is 5.76. The lowest BCUT2D eigenvalue weighted by Gasteiger charge is -2.38.